The van der Waals surface area contributed by atoms with Crippen LogP contribution >= 0.6 is 0 Å². The van der Waals surface area contributed by atoms with Crippen LogP contribution in [0.25, 0.3) is 0 Å². The summed E-state index contributed by atoms with van der Waals surface area (Å²) >= 11 is 0. The summed E-state index contributed by atoms with van der Waals surface area (Å²) in [4.78, 5) is 28.7. The minimum absolute atomic E-state index is 0.105. The van der Waals surface area contributed by atoms with Crippen molar-refractivity contribution in [3.63, 3.8) is 0 Å². The molecule has 0 aromatic rings. The number of rotatable bonds is 2. The second-order valence-corrected chi connectivity index (χ2v) is 6.61. The number of hydrogen-bond acceptors (Lipinski definition) is 4. The van der Waals surface area contributed by atoms with Crippen molar-refractivity contribution in [2.75, 3.05) is 45.9 Å². The van der Waals surface area contributed by atoms with E-state index in [9.17, 15) is 9.59 Å². The maximum Gasteiger partial charge on any atom is 0.251 e. The average molecular weight is 295 g/mol. The molecule has 0 saturated carbocycles. The van der Waals surface area contributed by atoms with Crippen molar-refractivity contribution < 1.29 is 14.3 Å². The zero-order valence-corrected chi connectivity index (χ0v) is 12.8. The molecule has 3 saturated heterocycles. The minimum atomic E-state index is -0.263. The Morgan fingerprint density at radius 2 is 1.90 bits per heavy atom. The molecule has 3 rings (SSSR count). The zero-order chi connectivity index (χ0) is 14.9. The van der Waals surface area contributed by atoms with Gasteiger partial charge in [-0.15, -0.1) is 0 Å². The van der Waals surface area contributed by atoms with Crippen molar-refractivity contribution in [3.05, 3.63) is 0 Å². The largest absolute Gasteiger partial charge is 0.368 e. The molecule has 0 aliphatic carbocycles. The number of carbonyl (C=O) groups excluding carboxylic acids is 2. The van der Waals surface area contributed by atoms with Gasteiger partial charge in [0.15, 0.2) is 0 Å². The molecule has 2 unspecified atom stereocenters. The Morgan fingerprint density at radius 3 is 2.48 bits per heavy atom. The summed E-state index contributed by atoms with van der Waals surface area (Å²) in [5.41, 5.74) is -0.263. The monoisotopic (exact) mass is 295 g/mol. The highest BCUT2D eigenvalue weighted by Crippen LogP contribution is 2.28. The Morgan fingerprint density at radius 1 is 1.19 bits per heavy atom. The molecule has 3 fully saturated rings. The predicted octanol–water partition coefficient (Wildman–Crippen LogP) is -0.164. The highest BCUT2D eigenvalue weighted by molar-refractivity contribution is 5.84. The standard InChI is InChI=1S/C15H25N3O3/c1-15(4-5-16-11-15)14(20)18-8-6-17(7-9-18)13(19)12-3-2-10-21-12/h12,16H,2-11H2,1H3. The molecule has 0 aromatic carbocycles. The Balaban J connectivity index is 1.52. The van der Waals surface area contributed by atoms with Crippen LogP contribution in [0.4, 0.5) is 0 Å². The van der Waals surface area contributed by atoms with Gasteiger partial charge in [0, 0.05) is 39.3 Å². The molecule has 2 atom stereocenters. The van der Waals surface area contributed by atoms with Crippen molar-refractivity contribution in [1.29, 1.82) is 0 Å². The van der Waals surface area contributed by atoms with Crippen LogP contribution in [-0.4, -0.2) is 73.6 Å². The van der Waals surface area contributed by atoms with E-state index in [1.807, 2.05) is 16.7 Å². The maximum atomic E-state index is 12.6. The first-order valence-electron chi connectivity index (χ1n) is 8.01. The van der Waals surface area contributed by atoms with Crippen molar-refractivity contribution in [1.82, 2.24) is 15.1 Å². The molecule has 0 bridgehead atoms. The van der Waals surface area contributed by atoms with Gasteiger partial charge in [-0.3, -0.25) is 9.59 Å². The molecular formula is C15H25N3O3. The number of ether oxygens (including phenoxy) is 1. The van der Waals surface area contributed by atoms with E-state index >= 15 is 0 Å². The van der Waals surface area contributed by atoms with E-state index in [1.54, 1.807) is 0 Å². The fourth-order valence-corrected chi connectivity index (χ4v) is 3.49. The van der Waals surface area contributed by atoms with Crippen molar-refractivity contribution >= 4 is 11.8 Å². The van der Waals surface area contributed by atoms with E-state index in [2.05, 4.69) is 5.32 Å². The van der Waals surface area contributed by atoms with Crippen molar-refractivity contribution in [2.45, 2.75) is 32.3 Å². The van der Waals surface area contributed by atoms with Gasteiger partial charge in [-0.25, -0.2) is 0 Å². The topological polar surface area (TPSA) is 61.9 Å². The van der Waals surface area contributed by atoms with Crippen LogP contribution in [0, 0.1) is 5.41 Å². The molecule has 118 valence electrons. The molecule has 3 heterocycles. The fraction of sp³-hybridized carbons (Fsp3) is 0.867. The van der Waals surface area contributed by atoms with Crippen LogP contribution in [0.5, 0.6) is 0 Å². The number of nitrogens with one attached hydrogen (secondary N) is 1. The molecule has 1 N–H and O–H groups in total. The summed E-state index contributed by atoms with van der Waals surface area (Å²) in [5.74, 6) is 0.338. The lowest BCUT2D eigenvalue weighted by atomic mass is 9.88. The third kappa shape index (κ3) is 2.92. The maximum absolute atomic E-state index is 12.6. The lowest BCUT2D eigenvalue weighted by Gasteiger charge is -2.39. The molecule has 0 aromatic heterocycles. The van der Waals surface area contributed by atoms with Gasteiger partial charge in [0.1, 0.15) is 6.10 Å². The smallest absolute Gasteiger partial charge is 0.251 e. The van der Waals surface area contributed by atoms with E-state index in [1.165, 1.54) is 0 Å². The first-order valence-corrected chi connectivity index (χ1v) is 8.01. The first-order chi connectivity index (χ1) is 10.1. The quantitative estimate of drug-likeness (QED) is 0.769. The predicted molar refractivity (Wildman–Crippen MR) is 77.7 cm³/mol. The number of carbonyl (C=O) groups is 2. The molecule has 0 radical (unpaired) electrons. The Hall–Kier alpha value is -1.14. The third-order valence-electron chi connectivity index (χ3n) is 4.97. The number of nitrogens with zero attached hydrogens (tertiary/aromatic N) is 2. The molecule has 3 aliphatic heterocycles. The summed E-state index contributed by atoms with van der Waals surface area (Å²) in [6, 6.07) is 0. The van der Waals surface area contributed by atoms with Gasteiger partial charge in [0.2, 0.25) is 5.91 Å². The highest BCUT2D eigenvalue weighted by atomic mass is 16.5. The van der Waals surface area contributed by atoms with Crippen molar-refractivity contribution in [2.24, 2.45) is 5.41 Å². The number of amides is 2. The number of piperazine rings is 1. The molecular weight excluding hydrogens is 270 g/mol. The summed E-state index contributed by atoms with van der Waals surface area (Å²) in [7, 11) is 0. The van der Waals surface area contributed by atoms with Crippen molar-refractivity contribution in [3.8, 4) is 0 Å². The molecule has 21 heavy (non-hydrogen) atoms. The summed E-state index contributed by atoms with van der Waals surface area (Å²) in [5, 5.41) is 3.27. The van der Waals surface area contributed by atoms with Crippen LogP contribution < -0.4 is 5.32 Å². The van der Waals surface area contributed by atoms with E-state index in [-0.39, 0.29) is 23.3 Å². The zero-order valence-electron chi connectivity index (χ0n) is 12.8. The van der Waals surface area contributed by atoms with Crippen LogP contribution in [-0.2, 0) is 14.3 Å². The Kier molecular flexibility index (Phi) is 4.17. The Labute approximate surface area is 125 Å². The van der Waals surface area contributed by atoms with Gasteiger partial charge in [0.25, 0.3) is 5.91 Å². The second kappa shape index (κ2) is 5.93. The van der Waals surface area contributed by atoms with Gasteiger partial charge in [-0.2, -0.15) is 0 Å². The summed E-state index contributed by atoms with van der Waals surface area (Å²) < 4.78 is 5.46. The van der Waals surface area contributed by atoms with Gasteiger partial charge in [-0.05, 0) is 32.7 Å². The molecule has 2 amide bonds. The van der Waals surface area contributed by atoms with Crippen LogP contribution in [0.1, 0.15) is 26.2 Å². The minimum Gasteiger partial charge on any atom is -0.368 e. The van der Waals surface area contributed by atoms with Gasteiger partial charge >= 0.3 is 0 Å². The summed E-state index contributed by atoms with van der Waals surface area (Å²) in [6.07, 6.45) is 2.46. The van der Waals surface area contributed by atoms with Crippen LogP contribution in [0.2, 0.25) is 0 Å². The average Bonchev–Trinajstić information content (AvgIpc) is 3.18. The number of hydrogen-bond donors (Lipinski definition) is 1. The van der Waals surface area contributed by atoms with E-state index in [0.717, 1.165) is 32.4 Å². The fourth-order valence-electron chi connectivity index (χ4n) is 3.49. The SMILES string of the molecule is CC1(C(=O)N2CCN(C(=O)C3CCCO3)CC2)CCNC1. The van der Waals surface area contributed by atoms with E-state index in [4.69, 9.17) is 4.74 Å². The third-order valence-corrected chi connectivity index (χ3v) is 4.97. The van der Waals surface area contributed by atoms with Gasteiger partial charge < -0.3 is 19.9 Å². The second-order valence-electron chi connectivity index (χ2n) is 6.61. The highest BCUT2D eigenvalue weighted by Gasteiger charge is 2.40. The lowest BCUT2D eigenvalue weighted by Crippen LogP contribution is -2.55. The normalized spacial score (nSPS) is 33.5. The summed E-state index contributed by atoms with van der Waals surface area (Å²) in [6.45, 7) is 6.97. The first kappa shape index (κ1) is 14.8. The molecule has 0 spiro atoms. The molecule has 3 aliphatic rings. The van der Waals surface area contributed by atoms with Gasteiger partial charge in [0.05, 0.1) is 5.41 Å². The van der Waals surface area contributed by atoms with Gasteiger partial charge in [-0.1, -0.05) is 0 Å². The van der Waals surface area contributed by atoms with E-state index < -0.39 is 0 Å². The van der Waals surface area contributed by atoms with Crippen LogP contribution in [0.15, 0.2) is 0 Å². The van der Waals surface area contributed by atoms with Crippen LogP contribution in [0.3, 0.4) is 0 Å². The Bertz CT molecular complexity index is 406. The lowest BCUT2D eigenvalue weighted by molar-refractivity contribution is -0.149. The van der Waals surface area contributed by atoms with E-state index in [0.29, 0.717) is 32.8 Å². The molecule has 6 heteroatoms. The molecule has 6 nitrogen and oxygen atoms in total.